The number of carbonyl (C=O) groups excluding carboxylic acids is 3. The van der Waals surface area contributed by atoms with Crippen molar-refractivity contribution < 1.29 is 19.1 Å². The number of amides is 1. The van der Waals surface area contributed by atoms with Crippen molar-refractivity contribution in [2.24, 2.45) is 23.2 Å². The lowest BCUT2D eigenvalue weighted by atomic mass is 9.58. The van der Waals surface area contributed by atoms with Crippen molar-refractivity contribution >= 4 is 18.2 Å². The van der Waals surface area contributed by atoms with Crippen LogP contribution < -0.4 is 5.32 Å². The van der Waals surface area contributed by atoms with Gasteiger partial charge in [0.15, 0.2) is 0 Å². The molecule has 3 aliphatic rings. The lowest BCUT2D eigenvalue weighted by molar-refractivity contribution is -0.125. The minimum Gasteiger partial charge on any atom is -0.465 e. The van der Waals surface area contributed by atoms with Crippen molar-refractivity contribution in [2.45, 2.75) is 58.9 Å². The lowest BCUT2D eigenvalue weighted by Gasteiger charge is -2.47. The van der Waals surface area contributed by atoms with E-state index in [-0.39, 0.29) is 23.8 Å². The Kier molecular flexibility index (Phi) is 10.5. The van der Waals surface area contributed by atoms with E-state index in [0.29, 0.717) is 12.0 Å². The zero-order valence-electron chi connectivity index (χ0n) is 22.6. The minimum absolute atomic E-state index is 0.0395. The molecule has 1 N–H and O–H groups in total. The van der Waals surface area contributed by atoms with Crippen molar-refractivity contribution in [3.8, 4) is 0 Å². The van der Waals surface area contributed by atoms with Gasteiger partial charge in [-0.25, -0.2) is 4.79 Å². The quantitative estimate of drug-likeness (QED) is 0.455. The Balaban J connectivity index is 0.000000201. The molecule has 7 heteroatoms. The molecule has 2 atom stereocenters. The molecule has 0 aromatic heterocycles. The first-order valence-corrected chi connectivity index (χ1v) is 13.5. The molecule has 1 amide bonds. The van der Waals surface area contributed by atoms with E-state index in [4.69, 9.17) is 4.74 Å². The van der Waals surface area contributed by atoms with E-state index in [1.807, 2.05) is 24.3 Å². The van der Waals surface area contributed by atoms with Gasteiger partial charge in [0.25, 0.3) is 0 Å². The summed E-state index contributed by atoms with van der Waals surface area (Å²) in [5.74, 6) is 2.28. The van der Waals surface area contributed by atoms with Gasteiger partial charge in [-0.15, -0.1) is 0 Å². The van der Waals surface area contributed by atoms with Crippen LogP contribution in [0.1, 0.15) is 68.3 Å². The standard InChI is InChI=1S/C15H25NO2.C14H20N2O2/c1-11-5-12-7-13(6-11)9-15(2,8-12)10-14(18)16-3-4-17;1-15-7-9-16(10-8-15)11-12-5-3-4-6-13(12)14(17)18-2/h4,11-13H,3,5-10H2,1-2H3,(H,16,18);3-6H,7-11H2,1-2H3. The van der Waals surface area contributed by atoms with E-state index >= 15 is 0 Å². The fourth-order valence-corrected chi connectivity index (χ4v) is 6.67. The van der Waals surface area contributed by atoms with Gasteiger partial charge in [0.05, 0.1) is 19.2 Å². The number of carbonyl (C=O) groups is 3. The molecule has 1 aromatic carbocycles. The van der Waals surface area contributed by atoms with E-state index < -0.39 is 0 Å². The highest BCUT2D eigenvalue weighted by atomic mass is 16.5. The topological polar surface area (TPSA) is 78.9 Å². The average molecular weight is 500 g/mol. The molecule has 2 bridgehead atoms. The number of aldehydes is 1. The minimum atomic E-state index is -0.250. The Morgan fingerprint density at radius 2 is 1.72 bits per heavy atom. The molecule has 4 rings (SSSR count). The second kappa shape index (κ2) is 13.3. The largest absolute Gasteiger partial charge is 0.465 e. The molecular weight excluding hydrogens is 454 g/mol. The summed E-state index contributed by atoms with van der Waals surface area (Å²) in [6.45, 7) is 9.85. The highest BCUT2D eigenvalue weighted by Gasteiger charge is 2.41. The predicted octanol–water partition coefficient (Wildman–Crippen LogP) is 3.76. The Morgan fingerprint density at radius 3 is 2.33 bits per heavy atom. The third kappa shape index (κ3) is 8.41. The molecule has 200 valence electrons. The van der Waals surface area contributed by atoms with Gasteiger partial charge < -0.3 is 19.7 Å². The van der Waals surface area contributed by atoms with Gasteiger partial charge in [-0.2, -0.15) is 0 Å². The van der Waals surface area contributed by atoms with Crippen molar-refractivity contribution in [1.82, 2.24) is 15.1 Å². The fourth-order valence-electron chi connectivity index (χ4n) is 6.67. The Bertz CT molecular complexity index is 863. The lowest BCUT2D eigenvalue weighted by Crippen LogP contribution is -2.44. The number of nitrogens with one attached hydrogen (secondary N) is 1. The van der Waals surface area contributed by atoms with Crippen LogP contribution in [0, 0.1) is 23.2 Å². The number of methoxy groups -OCH3 is 1. The summed E-state index contributed by atoms with van der Waals surface area (Å²) in [6, 6.07) is 7.68. The third-order valence-electron chi connectivity index (χ3n) is 8.08. The van der Waals surface area contributed by atoms with Crippen molar-refractivity contribution in [3.05, 3.63) is 35.4 Å². The normalized spacial score (nSPS) is 28.4. The number of hydrogen-bond acceptors (Lipinski definition) is 6. The highest BCUT2D eigenvalue weighted by Crippen LogP contribution is 2.51. The maximum atomic E-state index is 11.8. The maximum absolute atomic E-state index is 11.8. The average Bonchev–Trinajstić information content (AvgIpc) is 2.83. The van der Waals surface area contributed by atoms with E-state index in [1.54, 1.807) is 0 Å². The number of esters is 1. The number of nitrogens with zero attached hydrogens (tertiary/aromatic N) is 2. The molecule has 0 radical (unpaired) electrons. The number of ether oxygens (including phenoxy) is 1. The summed E-state index contributed by atoms with van der Waals surface area (Å²) < 4.78 is 4.82. The molecule has 1 aromatic rings. The molecule has 3 fully saturated rings. The number of piperazine rings is 1. The van der Waals surface area contributed by atoms with Gasteiger partial charge in [-0.3, -0.25) is 9.69 Å². The molecule has 2 aliphatic carbocycles. The van der Waals surface area contributed by atoms with E-state index in [0.717, 1.165) is 62.3 Å². The van der Waals surface area contributed by atoms with Gasteiger partial charge >= 0.3 is 5.97 Å². The van der Waals surface area contributed by atoms with E-state index in [1.165, 1.54) is 39.2 Å². The van der Waals surface area contributed by atoms with E-state index in [9.17, 15) is 14.4 Å². The summed E-state index contributed by atoms with van der Waals surface area (Å²) in [7, 11) is 3.56. The fraction of sp³-hybridized carbons (Fsp3) is 0.690. The summed E-state index contributed by atoms with van der Waals surface area (Å²) in [6.07, 6.45) is 7.74. The van der Waals surface area contributed by atoms with Crippen LogP contribution in [0.2, 0.25) is 0 Å². The molecule has 7 nitrogen and oxygen atoms in total. The Labute approximate surface area is 216 Å². The SMILES string of the molecule is CC1CC2CC(C1)CC(C)(CC(=O)NCC=O)C2.COC(=O)c1ccccc1CN1CCN(C)CC1. The van der Waals surface area contributed by atoms with Crippen LogP contribution in [0.3, 0.4) is 0 Å². The van der Waals surface area contributed by atoms with Crippen molar-refractivity contribution in [3.63, 3.8) is 0 Å². The second-order valence-electron chi connectivity index (χ2n) is 11.6. The first-order chi connectivity index (χ1) is 17.2. The van der Waals surface area contributed by atoms with Crippen LogP contribution >= 0.6 is 0 Å². The molecule has 1 saturated heterocycles. The van der Waals surface area contributed by atoms with Crippen molar-refractivity contribution in [1.29, 1.82) is 0 Å². The van der Waals surface area contributed by atoms with Crippen LogP contribution in [-0.4, -0.2) is 74.8 Å². The molecular formula is C29H45N3O4. The summed E-state index contributed by atoms with van der Waals surface area (Å²) >= 11 is 0. The van der Waals surface area contributed by atoms with Gasteiger partial charge in [0, 0.05) is 39.1 Å². The van der Waals surface area contributed by atoms with Gasteiger partial charge in [0.1, 0.15) is 6.29 Å². The van der Waals surface area contributed by atoms with E-state index in [2.05, 4.69) is 36.0 Å². The second-order valence-corrected chi connectivity index (χ2v) is 11.6. The highest BCUT2D eigenvalue weighted by molar-refractivity contribution is 5.90. The Hall–Kier alpha value is -2.25. The maximum Gasteiger partial charge on any atom is 0.338 e. The van der Waals surface area contributed by atoms with Crippen LogP contribution in [0.5, 0.6) is 0 Å². The zero-order valence-corrected chi connectivity index (χ0v) is 22.6. The molecule has 36 heavy (non-hydrogen) atoms. The third-order valence-corrected chi connectivity index (χ3v) is 8.08. The van der Waals surface area contributed by atoms with Crippen molar-refractivity contribution in [2.75, 3.05) is 46.9 Å². The number of likely N-dealkylation sites (N-methyl/N-ethyl adjacent to an activating group) is 1. The van der Waals surface area contributed by atoms with Crippen LogP contribution in [0.15, 0.2) is 24.3 Å². The molecule has 2 unspecified atom stereocenters. The number of fused-ring (bicyclic) bond motifs is 2. The van der Waals surface area contributed by atoms with Gasteiger partial charge in [0.2, 0.25) is 5.91 Å². The van der Waals surface area contributed by atoms with Gasteiger partial charge in [-0.05, 0) is 74.0 Å². The van der Waals surface area contributed by atoms with Gasteiger partial charge in [-0.1, -0.05) is 32.0 Å². The number of hydrogen-bond donors (Lipinski definition) is 1. The smallest absolute Gasteiger partial charge is 0.338 e. The van der Waals surface area contributed by atoms with Crippen LogP contribution in [0.25, 0.3) is 0 Å². The predicted molar refractivity (Wildman–Crippen MR) is 142 cm³/mol. The first-order valence-electron chi connectivity index (χ1n) is 13.5. The summed E-state index contributed by atoms with van der Waals surface area (Å²) in [4.78, 5) is 38.4. The zero-order chi connectivity index (χ0) is 26.1. The van der Waals surface area contributed by atoms with Crippen LogP contribution in [0.4, 0.5) is 0 Å². The summed E-state index contributed by atoms with van der Waals surface area (Å²) in [5, 5.41) is 2.67. The number of benzene rings is 1. The number of rotatable bonds is 7. The summed E-state index contributed by atoms with van der Waals surface area (Å²) in [5.41, 5.74) is 1.88. The molecule has 0 spiro atoms. The molecule has 2 saturated carbocycles. The van der Waals surface area contributed by atoms with Crippen LogP contribution in [-0.2, 0) is 20.9 Å². The monoisotopic (exact) mass is 499 g/mol. The molecule has 1 heterocycles. The Morgan fingerprint density at radius 1 is 1.08 bits per heavy atom. The molecule has 1 aliphatic heterocycles. The first kappa shape index (κ1) is 28.3.